The Bertz CT molecular complexity index is 1860. The average molecular weight is 694 g/mol. The number of carbonyl (C=O) groups is 1. The second-order valence-electron chi connectivity index (χ2n) is 14.1. The molecule has 0 bridgehead atoms. The quantitative estimate of drug-likeness (QED) is 0.162. The molecule has 6 rings (SSSR count). The molecule has 0 radical (unpaired) electrons. The number of rotatable bonds is 10. The minimum Gasteiger partial charge on any atom is -0.497 e. The molecule has 1 saturated carbocycles. The van der Waals surface area contributed by atoms with Crippen molar-refractivity contribution in [3.05, 3.63) is 94.8 Å². The van der Waals surface area contributed by atoms with Crippen molar-refractivity contribution in [1.82, 2.24) is 20.1 Å². The monoisotopic (exact) mass is 693 g/mol. The first-order valence-electron chi connectivity index (χ1n) is 17.5. The number of alkyl carbamates (subject to hydrolysis) is 1. The molecule has 2 aromatic carbocycles. The van der Waals surface area contributed by atoms with Gasteiger partial charge in [0, 0.05) is 35.3 Å². The lowest BCUT2D eigenvalue weighted by Crippen LogP contribution is -2.33. The van der Waals surface area contributed by atoms with E-state index in [1.54, 1.807) is 13.3 Å². The molecule has 2 aromatic heterocycles. The predicted octanol–water partition coefficient (Wildman–Crippen LogP) is 7.58. The molecule has 11 nitrogen and oxygen atoms in total. The summed E-state index contributed by atoms with van der Waals surface area (Å²) < 4.78 is 31.1. The molecule has 11 heteroatoms. The minimum absolute atomic E-state index is 0.0320. The van der Waals surface area contributed by atoms with E-state index < -0.39 is 6.29 Å². The van der Waals surface area contributed by atoms with Crippen LogP contribution >= 0.6 is 0 Å². The van der Waals surface area contributed by atoms with Crippen LogP contribution in [0, 0.1) is 11.8 Å². The normalized spacial score (nSPS) is 17.5. The van der Waals surface area contributed by atoms with Gasteiger partial charge in [0.05, 0.1) is 37.1 Å². The molecule has 2 aliphatic rings. The Morgan fingerprint density at radius 2 is 1.82 bits per heavy atom. The maximum atomic E-state index is 12.2. The third kappa shape index (κ3) is 9.20. The van der Waals surface area contributed by atoms with Crippen molar-refractivity contribution in [3.63, 3.8) is 0 Å². The van der Waals surface area contributed by atoms with Gasteiger partial charge in [0.15, 0.2) is 6.29 Å². The van der Waals surface area contributed by atoms with Crippen molar-refractivity contribution in [2.45, 2.75) is 90.4 Å². The Labute approximate surface area is 300 Å². The summed E-state index contributed by atoms with van der Waals surface area (Å²) in [4.78, 5) is 16.8. The second-order valence-corrected chi connectivity index (χ2v) is 14.1. The smallest absolute Gasteiger partial charge is 0.407 e. The highest BCUT2D eigenvalue weighted by Gasteiger charge is 2.32. The van der Waals surface area contributed by atoms with Crippen LogP contribution in [0.5, 0.6) is 11.5 Å². The Hall–Kier alpha value is -5.05. The second kappa shape index (κ2) is 15.9. The Morgan fingerprint density at radius 1 is 1.04 bits per heavy atom. The van der Waals surface area contributed by atoms with Crippen molar-refractivity contribution in [2.24, 2.45) is 0 Å². The molecule has 1 aliphatic carbocycles. The number of pyridine rings is 1. The van der Waals surface area contributed by atoms with Gasteiger partial charge in [-0.3, -0.25) is 0 Å². The molecule has 4 aromatic rings. The highest BCUT2D eigenvalue weighted by Crippen LogP contribution is 2.38. The molecule has 3 heterocycles. The number of carbonyl (C=O) groups excluding carboxylic acids is 1. The van der Waals surface area contributed by atoms with E-state index in [4.69, 9.17) is 28.8 Å². The maximum Gasteiger partial charge on any atom is 0.407 e. The highest BCUT2D eigenvalue weighted by molar-refractivity contribution is 5.67. The molecule has 1 saturated heterocycles. The number of nitrogens with one attached hydrogen (secondary N) is 2. The summed E-state index contributed by atoms with van der Waals surface area (Å²) in [6.45, 7) is 11.6. The topological polar surface area (TPSA) is 118 Å². The van der Waals surface area contributed by atoms with Crippen LogP contribution in [-0.4, -0.2) is 53.3 Å². The summed E-state index contributed by atoms with van der Waals surface area (Å²) >= 11 is 0. The van der Waals surface area contributed by atoms with Crippen LogP contribution in [0.15, 0.2) is 66.9 Å². The van der Waals surface area contributed by atoms with Crippen LogP contribution < -0.4 is 20.1 Å². The molecule has 0 spiro atoms. The third-order valence-electron chi connectivity index (χ3n) is 8.68. The fourth-order valence-corrected chi connectivity index (χ4v) is 6.21. The van der Waals surface area contributed by atoms with Crippen molar-refractivity contribution in [2.75, 3.05) is 25.6 Å². The van der Waals surface area contributed by atoms with Crippen LogP contribution in [0.4, 0.5) is 16.4 Å². The molecule has 268 valence electrons. The maximum absolute atomic E-state index is 12.2. The summed E-state index contributed by atoms with van der Waals surface area (Å²) in [6.07, 6.45) is 3.12. The summed E-state index contributed by atoms with van der Waals surface area (Å²) in [5, 5.41) is 11.3. The van der Waals surface area contributed by atoms with Gasteiger partial charge in [-0.05, 0) is 95.8 Å². The summed E-state index contributed by atoms with van der Waals surface area (Å²) in [6, 6.07) is 19.5. The highest BCUT2D eigenvalue weighted by atomic mass is 16.7. The van der Waals surface area contributed by atoms with Crippen LogP contribution in [0.1, 0.15) is 94.0 Å². The molecule has 0 unspecified atom stereocenters. The van der Waals surface area contributed by atoms with Gasteiger partial charge >= 0.3 is 6.09 Å². The number of anilines is 2. The number of hydrogen-bond donors (Lipinski definition) is 2. The minimum atomic E-state index is -0.568. The standard InChI is InChI=1S/C40H47N5O6/c1-26(2)42-39(46)51-32-17-14-30(23-32)33-24-36(45(44-33)40(3,4)5)43-35-22-27(18-19-41-35)10-13-29-8-7-9-34(37(29)38-48-20-21-49-38)50-25-28-11-15-31(47-6)16-12-28/h7-9,11-12,15-16,18-19,22,24,26,30,32,38H,14,17,20-21,23,25H2,1-6H3,(H,41,43)(H,42,46)/t30-,32+/m0/s1. The van der Waals surface area contributed by atoms with Gasteiger partial charge in [-0.15, -0.1) is 0 Å². The molecule has 2 atom stereocenters. The van der Waals surface area contributed by atoms with E-state index in [0.717, 1.165) is 58.8 Å². The summed E-state index contributed by atoms with van der Waals surface area (Å²) in [5.74, 6) is 9.77. The van der Waals surface area contributed by atoms with E-state index in [1.165, 1.54) is 0 Å². The fraction of sp³-hybridized carbons (Fsp3) is 0.425. The predicted molar refractivity (Wildman–Crippen MR) is 194 cm³/mol. The van der Waals surface area contributed by atoms with Gasteiger partial charge in [0.2, 0.25) is 0 Å². The largest absolute Gasteiger partial charge is 0.497 e. The van der Waals surface area contributed by atoms with Crippen LogP contribution in [0.3, 0.4) is 0 Å². The molecule has 2 N–H and O–H groups in total. The van der Waals surface area contributed by atoms with E-state index in [2.05, 4.69) is 54.3 Å². The summed E-state index contributed by atoms with van der Waals surface area (Å²) in [7, 11) is 1.65. The van der Waals surface area contributed by atoms with Crippen molar-refractivity contribution in [3.8, 4) is 23.3 Å². The van der Waals surface area contributed by atoms with Crippen LogP contribution in [0.25, 0.3) is 0 Å². The van der Waals surface area contributed by atoms with E-state index in [1.807, 2.05) is 73.1 Å². The zero-order chi connectivity index (χ0) is 36.0. The molecular weight excluding hydrogens is 646 g/mol. The first-order valence-corrected chi connectivity index (χ1v) is 17.5. The Kier molecular flexibility index (Phi) is 11.1. The zero-order valence-corrected chi connectivity index (χ0v) is 30.2. The number of nitrogens with zero attached hydrogens (tertiary/aromatic N) is 3. The van der Waals surface area contributed by atoms with E-state index in [0.29, 0.717) is 31.4 Å². The first-order chi connectivity index (χ1) is 24.6. The molecule has 2 fully saturated rings. The number of benzene rings is 2. The fourth-order valence-electron chi connectivity index (χ4n) is 6.21. The molecule has 1 amide bonds. The average Bonchev–Trinajstić information content (AvgIpc) is 3.88. The number of methoxy groups -OCH3 is 1. The number of hydrogen-bond acceptors (Lipinski definition) is 9. The van der Waals surface area contributed by atoms with Gasteiger partial charge in [0.1, 0.15) is 35.8 Å². The van der Waals surface area contributed by atoms with Crippen molar-refractivity contribution in [1.29, 1.82) is 0 Å². The van der Waals surface area contributed by atoms with Gasteiger partial charge < -0.3 is 34.3 Å². The van der Waals surface area contributed by atoms with E-state index in [-0.39, 0.29) is 29.7 Å². The lowest BCUT2D eigenvalue weighted by molar-refractivity contribution is -0.0460. The SMILES string of the molecule is COc1ccc(COc2cccc(C#Cc3ccnc(Nc4cc([C@H]5CC[C@@H](OC(=O)NC(C)C)C5)nn4C(C)(C)C)c3)c2C2OCCO2)cc1. The Morgan fingerprint density at radius 3 is 2.55 bits per heavy atom. The summed E-state index contributed by atoms with van der Waals surface area (Å²) in [5.41, 5.74) is 4.01. The molecular formula is C40H47N5O6. The van der Waals surface area contributed by atoms with Crippen molar-refractivity contribution >= 4 is 17.7 Å². The number of aromatic nitrogens is 3. The van der Waals surface area contributed by atoms with Crippen LogP contribution in [-0.2, 0) is 26.4 Å². The van der Waals surface area contributed by atoms with Gasteiger partial charge in [-0.1, -0.05) is 30.0 Å². The Balaban J connectivity index is 1.19. The number of ether oxygens (including phenoxy) is 5. The van der Waals surface area contributed by atoms with Gasteiger partial charge in [-0.2, -0.15) is 5.10 Å². The molecule has 1 aliphatic heterocycles. The lowest BCUT2D eigenvalue weighted by atomic mass is 10.0. The van der Waals surface area contributed by atoms with Crippen LogP contribution in [0.2, 0.25) is 0 Å². The van der Waals surface area contributed by atoms with Gasteiger partial charge in [-0.25, -0.2) is 14.5 Å². The lowest BCUT2D eigenvalue weighted by Gasteiger charge is -2.22. The molecule has 51 heavy (non-hydrogen) atoms. The van der Waals surface area contributed by atoms with Gasteiger partial charge in [0.25, 0.3) is 0 Å². The van der Waals surface area contributed by atoms with E-state index in [9.17, 15) is 4.79 Å². The third-order valence-corrected chi connectivity index (χ3v) is 8.68. The number of amides is 1. The van der Waals surface area contributed by atoms with E-state index >= 15 is 0 Å². The first kappa shape index (κ1) is 35.8. The zero-order valence-electron chi connectivity index (χ0n) is 30.2. The van der Waals surface area contributed by atoms with Crippen molar-refractivity contribution < 1.29 is 28.5 Å².